The molecule has 0 aromatic rings. The number of likely N-dealkylation sites (tertiary alicyclic amines) is 1. The van der Waals surface area contributed by atoms with Gasteiger partial charge in [0.2, 0.25) is 0 Å². The van der Waals surface area contributed by atoms with Gasteiger partial charge in [-0.15, -0.1) is 0 Å². The van der Waals surface area contributed by atoms with Gasteiger partial charge >= 0.3 is 0 Å². The predicted molar refractivity (Wildman–Crippen MR) is 72.6 cm³/mol. The van der Waals surface area contributed by atoms with Gasteiger partial charge in [0.15, 0.2) is 0 Å². The molecular weight excluding hydrogens is 274 g/mol. The van der Waals surface area contributed by atoms with Gasteiger partial charge in [0.1, 0.15) is 0 Å². The molecule has 2 heteroatoms. The summed E-state index contributed by atoms with van der Waals surface area (Å²) in [5, 5.41) is 0. The molecule has 1 aliphatic rings. The molecular formula is C15H32BrN. The van der Waals surface area contributed by atoms with Crippen molar-refractivity contribution in [2.75, 3.05) is 26.2 Å². The molecule has 104 valence electrons. The highest BCUT2D eigenvalue weighted by Gasteiger charge is 2.28. The second kappa shape index (κ2) is 10.4. The minimum absolute atomic E-state index is 0. The van der Waals surface area contributed by atoms with Crippen molar-refractivity contribution < 1.29 is 21.5 Å². The molecule has 0 atom stereocenters. The van der Waals surface area contributed by atoms with E-state index in [2.05, 4.69) is 13.8 Å². The summed E-state index contributed by atoms with van der Waals surface area (Å²) < 4.78 is 1.44. The molecule has 0 spiro atoms. The number of nitrogens with zero attached hydrogens (tertiary/aromatic N) is 1. The van der Waals surface area contributed by atoms with Crippen LogP contribution in [0.4, 0.5) is 0 Å². The second-order valence-electron chi connectivity index (χ2n) is 5.66. The average Bonchev–Trinajstić information content (AvgIpc) is 2.77. The van der Waals surface area contributed by atoms with Gasteiger partial charge in [0.25, 0.3) is 0 Å². The first-order valence-electron chi connectivity index (χ1n) is 7.68. The molecule has 0 aliphatic carbocycles. The van der Waals surface area contributed by atoms with E-state index < -0.39 is 0 Å². The van der Waals surface area contributed by atoms with E-state index in [9.17, 15) is 0 Å². The van der Waals surface area contributed by atoms with Crippen molar-refractivity contribution >= 4 is 0 Å². The van der Waals surface area contributed by atoms with Crippen molar-refractivity contribution in [1.29, 1.82) is 0 Å². The van der Waals surface area contributed by atoms with Gasteiger partial charge in [-0.2, -0.15) is 0 Å². The normalized spacial score (nSPS) is 18.0. The molecule has 0 aromatic heterocycles. The van der Waals surface area contributed by atoms with E-state index in [1.54, 1.807) is 0 Å². The smallest absolute Gasteiger partial charge is 0.0788 e. The standard InChI is InChI=1S/C15H32N.BrH/c1-3-5-6-7-8-9-10-13-16(4-2)14-11-12-15-16;/h3-15H2,1-2H3;1H/q+1;/p-1. The summed E-state index contributed by atoms with van der Waals surface area (Å²) >= 11 is 0. The summed E-state index contributed by atoms with van der Waals surface area (Å²) in [5.41, 5.74) is 0. The number of hydrogen-bond donors (Lipinski definition) is 0. The zero-order valence-electron chi connectivity index (χ0n) is 12.0. The molecule has 0 N–H and O–H groups in total. The minimum Gasteiger partial charge on any atom is -1.00 e. The molecule has 1 rings (SSSR count). The van der Waals surface area contributed by atoms with E-state index in [1.807, 2.05) is 0 Å². The number of quaternary nitrogens is 1. The second-order valence-corrected chi connectivity index (χ2v) is 5.66. The van der Waals surface area contributed by atoms with Crippen molar-refractivity contribution in [3.05, 3.63) is 0 Å². The number of halogens is 1. The van der Waals surface area contributed by atoms with Gasteiger partial charge in [-0.05, 0) is 19.8 Å². The Labute approximate surface area is 119 Å². The maximum absolute atomic E-state index is 2.38. The average molecular weight is 306 g/mol. The Morgan fingerprint density at radius 3 is 1.82 bits per heavy atom. The van der Waals surface area contributed by atoms with Crippen LogP contribution in [0.1, 0.15) is 71.6 Å². The Morgan fingerprint density at radius 2 is 1.29 bits per heavy atom. The van der Waals surface area contributed by atoms with Crippen LogP contribution >= 0.6 is 0 Å². The van der Waals surface area contributed by atoms with Gasteiger partial charge in [0.05, 0.1) is 26.2 Å². The molecule has 1 fully saturated rings. The van der Waals surface area contributed by atoms with Gasteiger partial charge in [0, 0.05) is 12.8 Å². The van der Waals surface area contributed by atoms with E-state index in [-0.39, 0.29) is 17.0 Å². The Bertz CT molecular complexity index is 164. The van der Waals surface area contributed by atoms with Crippen molar-refractivity contribution in [3.63, 3.8) is 0 Å². The van der Waals surface area contributed by atoms with Gasteiger partial charge in [-0.1, -0.05) is 39.0 Å². The van der Waals surface area contributed by atoms with Crippen molar-refractivity contribution in [2.45, 2.75) is 71.6 Å². The predicted octanol–water partition coefficient (Wildman–Crippen LogP) is 1.37. The fraction of sp³-hybridized carbons (Fsp3) is 1.00. The van der Waals surface area contributed by atoms with Gasteiger partial charge in [-0.25, -0.2) is 0 Å². The molecule has 1 heterocycles. The van der Waals surface area contributed by atoms with Crippen molar-refractivity contribution in [1.82, 2.24) is 0 Å². The van der Waals surface area contributed by atoms with Crippen LogP contribution in [0, 0.1) is 0 Å². The Morgan fingerprint density at radius 1 is 0.765 bits per heavy atom. The van der Waals surface area contributed by atoms with E-state index in [0.29, 0.717) is 0 Å². The van der Waals surface area contributed by atoms with Crippen molar-refractivity contribution in [3.8, 4) is 0 Å². The van der Waals surface area contributed by atoms with Crippen LogP contribution in [-0.2, 0) is 0 Å². The summed E-state index contributed by atoms with van der Waals surface area (Å²) in [6.45, 7) is 10.4. The molecule has 1 aliphatic heterocycles. The van der Waals surface area contributed by atoms with E-state index in [1.165, 1.54) is 88.4 Å². The number of hydrogen-bond acceptors (Lipinski definition) is 0. The molecule has 0 bridgehead atoms. The van der Waals surface area contributed by atoms with Crippen molar-refractivity contribution in [2.24, 2.45) is 0 Å². The summed E-state index contributed by atoms with van der Waals surface area (Å²) in [7, 11) is 0. The number of rotatable bonds is 9. The van der Waals surface area contributed by atoms with E-state index >= 15 is 0 Å². The number of unbranched alkanes of at least 4 members (excludes halogenated alkanes) is 6. The van der Waals surface area contributed by atoms with Crippen LogP contribution in [0.5, 0.6) is 0 Å². The maximum Gasteiger partial charge on any atom is 0.0788 e. The molecule has 0 radical (unpaired) electrons. The lowest BCUT2D eigenvalue weighted by Crippen LogP contribution is -3.00. The highest BCUT2D eigenvalue weighted by Crippen LogP contribution is 2.20. The van der Waals surface area contributed by atoms with E-state index in [0.717, 1.165) is 0 Å². The maximum atomic E-state index is 2.38. The van der Waals surface area contributed by atoms with Crippen LogP contribution in [0.3, 0.4) is 0 Å². The third-order valence-corrected chi connectivity index (χ3v) is 4.42. The third kappa shape index (κ3) is 6.81. The summed E-state index contributed by atoms with van der Waals surface area (Å²) in [6, 6.07) is 0. The fourth-order valence-electron chi connectivity index (χ4n) is 3.11. The molecule has 0 aromatic carbocycles. The lowest BCUT2D eigenvalue weighted by atomic mass is 10.1. The van der Waals surface area contributed by atoms with Crippen LogP contribution in [-0.4, -0.2) is 30.7 Å². The molecule has 0 unspecified atom stereocenters. The lowest BCUT2D eigenvalue weighted by molar-refractivity contribution is -0.915. The molecule has 1 saturated heterocycles. The zero-order valence-corrected chi connectivity index (χ0v) is 13.6. The Balaban J connectivity index is 0.00000256. The van der Waals surface area contributed by atoms with Crippen LogP contribution in [0.2, 0.25) is 0 Å². The largest absolute Gasteiger partial charge is 1.00 e. The first kappa shape index (κ1) is 17.4. The SMILES string of the molecule is CCCCCCCCC[N+]1(CC)CCCC1.[Br-]. The highest BCUT2D eigenvalue weighted by molar-refractivity contribution is 4.54. The first-order chi connectivity index (χ1) is 7.83. The first-order valence-corrected chi connectivity index (χ1v) is 7.68. The van der Waals surface area contributed by atoms with Crippen LogP contribution in [0.25, 0.3) is 0 Å². The van der Waals surface area contributed by atoms with Gasteiger partial charge in [-0.3, -0.25) is 0 Å². The molecule has 0 saturated carbocycles. The summed E-state index contributed by atoms with van der Waals surface area (Å²) in [4.78, 5) is 0. The Hall–Kier alpha value is 0.440. The summed E-state index contributed by atoms with van der Waals surface area (Å²) in [6.07, 6.45) is 13.1. The third-order valence-electron chi connectivity index (χ3n) is 4.42. The zero-order chi connectivity index (χ0) is 11.7. The quantitative estimate of drug-likeness (QED) is 0.446. The molecule has 17 heavy (non-hydrogen) atoms. The fourth-order valence-corrected chi connectivity index (χ4v) is 3.11. The highest BCUT2D eigenvalue weighted by atomic mass is 79.9. The monoisotopic (exact) mass is 305 g/mol. The lowest BCUT2D eigenvalue weighted by Gasteiger charge is -2.33. The van der Waals surface area contributed by atoms with Gasteiger partial charge < -0.3 is 21.5 Å². The van der Waals surface area contributed by atoms with Crippen LogP contribution in [0.15, 0.2) is 0 Å². The Kier molecular flexibility index (Phi) is 10.6. The summed E-state index contributed by atoms with van der Waals surface area (Å²) in [5.74, 6) is 0. The topological polar surface area (TPSA) is 0 Å². The minimum atomic E-state index is 0. The van der Waals surface area contributed by atoms with Crippen LogP contribution < -0.4 is 17.0 Å². The molecule has 0 amide bonds. The molecule has 1 nitrogen and oxygen atoms in total. The van der Waals surface area contributed by atoms with E-state index in [4.69, 9.17) is 0 Å².